The SMILES string of the molecule is NCC#Cc1ccccc1OCC1CCOCC1. The Hall–Kier alpha value is -1.50. The van der Waals surface area contributed by atoms with Crippen LogP contribution in [0, 0.1) is 17.8 Å². The van der Waals surface area contributed by atoms with Crippen LogP contribution < -0.4 is 10.5 Å². The number of hydrogen-bond acceptors (Lipinski definition) is 3. The zero-order chi connectivity index (χ0) is 12.6. The van der Waals surface area contributed by atoms with E-state index in [1.54, 1.807) is 0 Å². The highest BCUT2D eigenvalue weighted by molar-refractivity contribution is 5.45. The molecular formula is C15H19NO2. The molecule has 3 heteroatoms. The minimum absolute atomic E-state index is 0.369. The fourth-order valence-electron chi connectivity index (χ4n) is 1.96. The molecule has 1 aromatic carbocycles. The van der Waals surface area contributed by atoms with E-state index in [-0.39, 0.29) is 0 Å². The Morgan fingerprint density at radius 1 is 1.28 bits per heavy atom. The fourth-order valence-corrected chi connectivity index (χ4v) is 1.96. The van der Waals surface area contributed by atoms with Crippen molar-refractivity contribution in [1.82, 2.24) is 0 Å². The molecule has 0 bridgehead atoms. The fraction of sp³-hybridized carbons (Fsp3) is 0.467. The Morgan fingerprint density at radius 3 is 2.83 bits per heavy atom. The van der Waals surface area contributed by atoms with Crippen LogP contribution in [0.25, 0.3) is 0 Å². The normalized spacial score (nSPS) is 15.8. The first kappa shape index (κ1) is 12.9. The molecule has 0 atom stereocenters. The molecule has 3 nitrogen and oxygen atoms in total. The van der Waals surface area contributed by atoms with Gasteiger partial charge in [-0.1, -0.05) is 24.0 Å². The van der Waals surface area contributed by atoms with Gasteiger partial charge in [0, 0.05) is 13.2 Å². The van der Waals surface area contributed by atoms with Crippen molar-refractivity contribution in [3.05, 3.63) is 29.8 Å². The Kier molecular flexibility index (Phi) is 5.07. The lowest BCUT2D eigenvalue weighted by molar-refractivity contribution is 0.0497. The summed E-state index contributed by atoms with van der Waals surface area (Å²) in [5.74, 6) is 7.34. The van der Waals surface area contributed by atoms with E-state index in [9.17, 15) is 0 Å². The van der Waals surface area contributed by atoms with Gasteiger partial charge in [0.2, 0.25) is 0 Å². The summed E-state index contributed by atoms with van der Waals surface area (Å²) in [7, 11) is 0. The summed E-state index contributed by atoms with van der Waals surface area (Å²) in [5.41, 5.74) is 6.30. The minimum atomic E-state index is 0.369. The average molecular weight is 245 g/mol. The van der Waals surface area contributed by atoms with Crippen LogP contribution in [0.5, 0.6) is 5.75 Å². The molecule has 0 spiro atoms. The topological polar surface area (TPSA) is 44.5 Å². The maximum Gasteiger partial charge on any atom is 0.134 e. The van der Waals surface area contributed by atoms with E-state index in [1.807, 2.05) is 24.3 Å². The Bertz CT molecular complexity index is 428. The average Bonchev–Trinajstić information content (AvgIpc) is 2.45. The predicted molar refractivity (Wildman–Crippen MR) is 71.4 cm³/mol. The monoisotopic (exact) mass is 245 g/mol. The second-order valence-corrected chi connectivity index (χ2v) is 4.37. The predicted octanol–water partition coefficient (Wildman–Crippen LogP) is 1.80. The number of hydrogen-bond donors (Lipinski definition) is 1. The Morgan fingerprint density at radius 2 is 2.06 bits per heavy atom. The molecule has 0 radical (unpaired) electrons. The maximum absolute atomic E-state index is 5.87. The zero-order valence-corrected chi connectivity index (χ0v) is 10.5. The molecular weight excluding hydrogens is 226 g/mol. The van der Waals surface area contributed by atoms with Gasteiger partial charge < -0.3 is 15.2 Å². The molecule has 1 aliphatic heterocycles. The van der Waals surface area contributed by atoms with Crippen LogP contribution in [-0.4, -0.2) is 26.4 Å². The molecule has 1 aromatic rings. The third-order valence-electron chi connectivity index (χ3n) is 3.03. The molecule has 1 saturated heterocycles. The van der Waals surface area contributed by atoms with Crippen LogP contribution in [0.4, 0.5) is 0 Å². The molecule has 1 fully saturated rings. The van der Waals surface area contributed by atoms with Crippen molar-refractivity contribution in [3.63, 3.8) is 0 Å². The van der Waals surface area contributed by atoms with Gasteiger partial charge in [0.1, 0.15) is 5.75 Å². The smallest absolute Gasteiger partial charge is 0.134 e. The largest absolute Gasteiger partial charge is 0.492 e. The molecule has 2 N–H and O–H groups in total. The Balaban J connectivity index is 1.95. The summed E-state index contributed by atoms with van der Waals surface area (Å²) in [6, 6.07) is 7.84. The van der Waals surface area contributed by atoms with Crippen LogP contribution in [0.15, 0.2) is 24.3 Å². The van der Waals surface area contributed by atoms with Crippen LogP contribution in [0.1, 0.15) is 18.4 Å². The van der Waals surface area contributed by atoms with Crippen LogP contribution in [-0.2, 0) is 4.74 Å². The third-order valence-corrected chi connectivity index (χ3v) is 3.03. The third kappa shape index (κ3) is 3.76. The molecule has 0 amide bonds. The first-order valence-electron chi connectivity index (χ1n) is 6.38. The van der Waals surface area contributed by atoms with Gasteiger partial charge in [0.05, 0.1) is 18.7 Å². The van der Waals surface area contributed by atoms with E-state index in [2.05, 4.69) is 11.8 Å². The quantitative estimate of drug-likeness (QED) is 0.826. The molecule has 0 saturated carbocycles. The molecule has 0 unspecified atom stereocenters. The summed E-state index contributed by atoms with van der Waals surface area (Å²) in [5, 5.41) is 0. The molecule has 1 heterocycles. The van der Waals surface area contributed by atoms with E-state index in [0.717, 1.165) is 44.0 Å². The zero-order valence-electron chi connectivity index (χ0n) is 10.5. The highest BCUT2D eigenvalue weighted by atomic mass is 16.5. The summed E-state index contributed by atoms with van der Waals surface area (Å²) in [4.78, 5) is 0. The first-order chi connectivity index (χ1) is 8.90. The summed E-state index contributed by atoms with van der Waals surface area (Å²) < 4.78 is 11.2. The summed E-state index contributed by atoms with van der Waals surface area (Å²) in [6.45, 7) is 2.81. The van der Waals surface area contributed by atoms with Crippen LogP contribution >= 0.6 is 0 Å². The van der Waals surface area contributed by atoms with Crippen molar-refractivity contribution in [2.75, 3.05) is 26.4 Å². The summed E-state index contributed by atoms with van der Waals surface area (Å²) >= 11 is 0. The van der Waals surface area contributed by atoms with Crippen molar-refractivity contribution in [2.24, 2.45) is 11.7 Å². The lowest BCUT2D eigenvalue weighted by Crippen LogP contribution is -2.21. The lowest BCUT2D eigenvalue weighted by Gasteiger charge is -2.22. The molecule has 18 heavy (non-hydrogen) atoms. The van der Waals surface area contributed by atoms with Crippen molar-refractivity contribution < 1.29 is 9.47 Å². The van der Waals surface area contributed by atoms with Gasteiger partial charge in [-0.25, -0.2) is 0 Å². The van der Waals surface area contributed by atoms with E-state index >= 15 is 0 Å². The van der Waals surface area contributed by atoms with Crippen molar-refractivity contribution in [1.29, 1.82) is 0 Å². The van der Waals surface area contributed by atoms with Gasteiger partial charge >= 0.3 is 0 Å². The van der Waals surface area contributed by atoms with Crippen LogP contribution in [0.2, 0.25) is 0 Å². The molecule has 96 valence electrons. The maximum atomic E-state index is 5.87. The highest BCUT2D eigenvalue weighted by Gasteiger charge is 2.14. The van der Waals surface area contributed by atoms with Gasteiger partial charge in [0.15, 0.2) is 0 Å². The number of rotatable bonds is 3. The van der Waals surface area contributed by atoms with E-state index < -0.39 is 0 Å². The van der Waals surface area contributed by atoms with Gasteiger partial charge in [0.25, 0.3) is 0 Å². The van der Waals surface area contributed by atoms with Crippen molar-refractivity contribution in [2.45, 2.75) is 12.8 Å². The van der Waals surface area contributed by atoms with E-state index in [0.29, 0.717) is 12.5 Å². The number of nitrogens with two attached hydrogens (primary N) is 1. The highest BCUT2D eigenvalue weighted by Crippen LogP contribution is 2.20. The number of para-hydroxylation sites is 1. The minimum Gasteiger partial charge on any atom is -0.492 e. The number of ether oxygens (including phenoxy) is 2. The van der Waals surface area contributed by atoms with Gasteiger partial charge in [-0.15, -0.1) is 0 Å². The lowest BCUT2D eigenvalue weighted by atomic mass is 10.0. The number of benzene rings is 1. The van der Waals surface area contributed by atoms with Gasteiger partial charge in [-0.05, 0) is 30.9 Å². The molecule has 2 rings (SSSR count). The molecule has 0 aromatic heterocycles. The van der Waals surface area contributed by atoms with Crippen molar-refractivity contribution >= 4 is 0 Å². The molecule has 1 aliphatic rings. The second-order valence-electron chi connectivity index (χ2n) is 4.37. The van der Waals surface area contributed by atoms with Crippen LogP contribution in [0.3, 0.4) is 0 Å². The van der Waals surface area contributed by atoms with E-state index in [1.165, 1.54) is 0 Å². The van der Waals surface area contributed by atoms with E-state index in [4.69, 9.17) is 15.2 Å². The summed E-state index contributed by atoms with van der Waals surface area (Å²) in [6.07, 6.45) is 2.16. The van der Waals surface area contributed by atoms with Crippen molar-refractivity contribution in [3.8, 4) is 17.6 Å². The first-order valence-corrected chi connectivity index (χ1v) is 6.38. The Labute approximate surface area is 108 Å². The standard InChI is InChI=1S/C15H19NO2/c16-9-3-5-14-4-1-2-6-15(14)18-12-13-7-10-17-11-8-13/h1-2,4,6,13H,7-12,16H2. The van der Waals surface area contributed by atoms with Gasteiger partial charge in [-0.2, -0.15) is 0 Å². The second kappa shape index (κ2) is 7.05. The van der Waals surface area contributed by atoms with Gasteiger partial charge in [-0.3, -0.25) is 0 Å². The molecule has 0 aliphatic carbocycles.